The Balaban J connectivity index is 1.53. The summed E-state index contributed by atoms with van der Waals surface area (Å²) in [7, 11) is 1.53. The lowest BCUT2D eigenvalue weighted by molar-refractivity contribution is -0.121. The average molecular weight is 406 g/mol. The fourth-order valence-corrected chi connectivity index (χ4v) is 3.44. The van der Waals surface area contributed by atoms with Gasteiger partial charge in [0.05, 0.1) is 5.69 Å². The molecule has 1 N–H and O–H groups in total. The lowest BCUT2D eigenvalue weighted by Gasteiger charge is -2.27. The quantitative estimate of drug-likeness (QED) is 0.659. The van der Waals surface area contributed by atoms with Gasteiger partial charge < -0.3 is 14.6 Å². The number of nitrogens with zero attached hydrogens (tertiary/aromatic N) is 1. The maximum Gasteiger partial charge on any atom is 0.287 e. The number of furan rings is 1. The highest BCUT2D eigenvalue weighted by Crippen LogP contribution is 2.34. The molecule has 6 nitrogen and oxygen atoms in total. The van der Waals surface area contributed by atoms with E-state index in [0.717, 1.165) is 5.56 Å². The second-order valence-corrected chi connectivity index (χ2v) is 7.14. The Kier molecular flexibility index (Phi) is 5.18. The van der Waals surface area contributed by atoms with E-state index in [1.807, 2.05) is 30.3 Å². The van der Waals surface area contributed by atoms with Gasteiger partial charge in [-0.3, -0.25) is 14.4 Å². The van der Waals surface area contributed by atoms with Gasteiger partial charge in [0.1, 0.15) is 11.7 Å². The van der Waals surface area contributed by atoms with E-state index in [0.29, 0.717) is 12.1 Å². The lowest BCUT2D eigenvalue weighted by atomic mass is 9.89. The van der Waals surface area contributed by atoms with Crippen LogP contribution in [-0.2, 0) is 17.8 Å². The predicted octanol–water partition coefficient (Wildman–Crippen LogP) is 3.37. The molecule has 0 aliphatic carbocycles. The van der Waals surface area contributed by atoms with Gasteiger partial charge in [0, 0.05) is 19.7 Å². The topological polar surface area (TPSA) is 79.6 Å². The molecular weight excluding hydrogens is 387 g/mol. The summed E-state index contributed by atoms with van der Waals surface area (Å²) in [6.45, 7) is 0.306. The zero-order valence-corrected chi connectivity index (χ0v) is 16.2. The Morgan fingerprint density at radius 1 is 1.07 bits per heavy atom. The molecule has 1 aliphatic rings. The van der Waals surface area contributed by atoms with E-state index in [1.165, 1.54) is 42.3 Å². The molecule has 0 saturated heterocycles. The van der Waals surface area contributed by atoms with Gasteiger partial charge in [0.2, 0.25) is 11.7 Å². The Bertz CT molecular complexity index is 1110. The average Bonchev–Trinajstić information content (AvgIpc) is 3.21. The van der Waals surface area contributed by atoms with Crippen LogP contribution >= 0.6 is 0 Å². The number of ketones is 1. The van der Waals surface area contributed by atoms with Crippen LogP contribution in [0.25, 0.3) is 0 Å². The van der Waals surface area contributed by atoms with Crippen LogP contribution in [0.5, 0.6) is 0 Å². The first kappa shape index (κ1) is 19.6. The van der Waals surface area contributed by atoms with Gasteiger partial charge in [-0.25, -0.2) is 4.39 Å². The Hall–Kier alpha value is -3.74. The number of carbonyl (C=O) groups excluding carboxylic acids is 3. The second-order valence-electron chi connectivity index (χ2n) is 7.14. The molecular formula is C23H19FN2O4. The van der Waals surface area contributed by atoms with Gasteiger partial charge >= 0.3 is 0 Å². The van der Waals surface area contributed by atoms with Gasteiger partial charge in [-0.05, 0) is 29.7 Å². The summed E-state index contributed by atoms with van der Waals surface area (Å²) >= 11 is 0. The minimum absolute atomic E-state index is 0.0194. The SMILES string of the molecule is CN1C(=O)C(Cc2ccc(F)cc2)C(=O)c2oc(C(=O)NCc3ccccc3)cc21. The first-order chi connectivity index (χ1) is 14.4. The van der Waals surface area contributed by atoms with Crippen molar-refractivity contribution in [2.24, 2.45) is 5.92 Å². The Morgan fingerprint density at radius 2 is 1.77 bits per heavy atom. The third-order valence-electron chi connectivity index (χ3n) is 5.12. The minimum Gasteiger partial charge on any atom is -0.445 e. The normalized spacial score (nSPS) is 15.8. The minimum atomic E-state index is -0.987. The van der Waals surface area contributed by atoms with E-state index in [2.05, 4.69) is 5.32 Å². The number of Topliss-reactive ketones (excluding diaryl/α,β-unsaturated/α-hetero) is 1. The monoisotopic (exact) mass is 406 g/mol. The summed E-state index contributed by atoms with van der Waals surface area (Å²) in [5, 5.41) is 2.74. The van der Waals surface area contributed by atoms with E-state index < -0.39 is 29.3 Å². The van der Waals surface area contributed by atoms with E-state index in [4.69, 9.17) is 4.42 Å². The summed E-state index contributed by atoms with van der Waals surface area (Å²) in [4.78, 5) is 39.5. The molecule has 1 aromatic heterocycles. The number of amides is 2. The van der Waals surface area contributed by atoms with E-state index in [-0.39, 0.29) is 23.6 Å². The van der Waals surface area contributed by atoms with Crippen molar-refractivity contribution in [1.82, 2.24) is 5.32 Å². The Labute approximate surface area is 172 Å². The predicted molar refractivity (Wildman–Crippen MR) is 108 cm³/mol. The number of fused-ring (bicyclic) bond motifs is 1. The summed E-state index contributed by atoms with van der Waals surface area (Å²) < 4.78 is 18.7. The van der Waals surface area contributed by atoms with Crippen LogP contribution in [-0.4, -0.2) is 24.6 Å². The molecule has 1 unspecified atom stereocenters. The van der Waals surface area contributed by atoms with E-state index in [1.54, 1.807) is 0 Å². The van der Waals surface area contributed by atoms with Crippen molar-refractivity contribution >= 4 is 23.3 Å². The van der Waals surface area contributed by atoms with Gasteiger partial charge in [-0.15, -0.1) is 0 Å². The standard InChI is InChI=1S/C23H19FN2O4/c1-26-18-12-19(22(28)25-13-15-5-3-2-4-6-15)30-21(18)20(27)17(23(26)29)11-14-7-9-16(24)10-8-14/h2-10,12,17H,11,13H2,1H3,(H,25,28). The number of benzene rings is 2. The second kappa shape index (κ2) is 7.94. The highest BCUT2D eigenvalue weighted by Gasteiger charge is 2.41. The summed E-state index contributed by atoms with van der Waals surface area (Å²) in [5.74, 6) is -2.79. The molecule has 4 rings (SSSR count). The fraction of sp³-hybridized carbons (Fsp3) is 0.174. The van der Waals surface area contributed by atoms with Crippen molar-refractivity contribution in [3.8, 4) is 0 Å². The zero-order valence-electron chi connectivity index (χ0n) is 16.2. The van der Waals surface area contributed by atoms with Crippen LogP contribution in [0.15, 0.2) is 65.1 Å². The number of hydrogen-bond donors (Lipinski definition) is 1. The van der Waals surface area contributed by atoms with Crippen molar-refractivity contribution in [3.05, 3.63) is 89.1 Å². The molecule has 0 spiro atoms. The number of rotatable bonds is 5. The zero-order chi connectivity index (χ0) is 21.3. The van der Waals surface area contributed by atoms with Crippen LogP contribution < -0.4 is 10.2 Å². The molecule has 3 aromatic rings. The molecule has 2 aromatic carbocycles. The van der Waals surface area contributed by atoms with Crippen LogP contribution in [0.3, 0.4) is 0 Å². The third kappa shape index (κ3) is 3.74. The van der Waals surface area contributed by atoms with Crippen LogP contribution in [0, 0.1) is 11.7 Å². The molecule has 152 valence electrons. The number of nitrogens with one attached hydrogen (secondary N) is 1. The molecule has 7 heteroatoms. The first-order valence-electron chi connectivity index (χ1n) is 9.46. The molecule has 0 fully saturated rings. The number of carbonyl (C=O) groups is 3. The van der Waals surface area contributed by atoms with Crippen molar-refractivity contribution < 1.29 is 23.2 Å². The van der Waals surface area contributed by atoms with Gasteiger partial charge in [-0.1, -0.05) is 42.5 Å². The van der Waals surface area contributed by atoms with Crippen molar-refractivity contribution in [1.29, 1.82) is 0 Å². The lowest BCUT2D eigenvalue weighted by Crippen LogP contribution is -2.42. The van der Waals surface area contributed by atoms with E-state index >= 15 is 0 Å². The van der Waals surface area contributed by atoms with Gasteiger partial charge in [-0.2, -0.15) is 0 Å². The largest absolute Gasteiger partial charge is 0.445 e. The molecule has 2 heterocycles. The van der Waals surface area contributed by atoms with Crippen LogP contribution in [0.2, 0.25) is 0 Å². The van der Waals surface area contributed by atoms with Crippen LogP contribution in [0.1, 0.15) is 32.2 Å². The van der Waals surface area contributed by atoms with Crippen molar-refractivity contribution in [2.75, 3.05) is 11.9 Å². The van der Waals surface area contributed by atoms with Crippen LogP contribution in [0.4, 0.5) is 10.1 Å². The molecule has 1 aliphatic heterocycles. The van der Waals surface area contributed by atoms with Crippen molar-refractivity contribution in [3.63, 3.8) is 0 Å². The summed E-state index contributed by atoms with van der Waals surface area (Å²) in [6.07, 6.45) is 0.123. The molecule has 0 saturated carbocycles. The number of hydrogen-bond acceptors (Lipinski definition) is 4. The van der Waals surface area contributed by atoms with Gasteiger partial charge in [0.15, 0.2) is 11.5 Å². The van der Waals surface area contributed by atoms with Crippen molar-refractivity contribution in [2.45, 2.75) is 13.0 Å². The maximum atomic E-state index is 13.1. The first-order valence-corrected chi connectivity index (χ1v) is 9.46. The smallest absolute Gasteiger partial charge is 0.287 e. The summed E-state index contributed by atoms with van der Waals surface area (Å²) in [6, 6.07) is 16.4. The highest BCUT2D eigenvalue weighted by molar-refractivity contribution is 6.21. The molecule has 30 heavy (non-hydrogen) atoms. The maximum absolute atomic E-state index is 13.1. The Morgan fingerprint density at radius 3 is 2.47 bits per heavy atom. The molecule has 2 amide bonds. The number of halogens is 1. The van der Waals surface area contributed by atoms with Gasteiger partial charge in [0.25, 0.3) is 5.91 Å². The molecule has 0 bridgehead atoms. The summed E-state index contributed by atoms with van der Waals surface area (Å²) in [5.41, 5.74) is 1.85. The fourth-order valence-electron chi connectivity index (χ4n) is 3.44. The molecule has 1 atom stereocenters. The van der Waals surface area contributed by atoms with E-state index in [9.17, 15) is 18.8 Å². The molecule has 0 radical (unpaired) electrons. The third-order valence-corrected chi connectivity index (χ3v) is 5.12. The number of anilines is 1. The highest BCUT2D eigenvalue weighted by atomic mass is 19.1.